The highest BCUT2D eigenvalue weighted by atomic mass is 32.2. The standard InChI is InChI=1S/C19H19N3O4S2/c1-2-20-16(23)15-9-8-14(17(24)21-10-11-28-19(21)27)18(25)22(15)26-12-13-6-4-3-5-7-13/h3-9H,2,10-12H2,1H3,(H,20,23). The number of thioether (sulfide) groups is 1. The molecule has 2 heterocycles. The SMILES string of the molecule is CCNC(=O)c1ccc(C(=O)N2CCSC2=S)c(=O)n1OCc1ccccc1. The summed E-state index contributed by atoms with van der Waals surface area (Å²) in [5.41, 5.74) is 0.0677. The summed E-state index contributed by atoms with van der Waals surface area (Å²) in [4.78, 5) is 45.1. The molecule has 0 atom stereocenters. The Hall–Kier alpha value is -2.65. The first kappa shape index (κ1) is 20.1. The molecule has 2 aromatic rings. The molecule has 1 aliphatic rings. The Kier molecular flexibility index (Phi) is 6.48. The van der Waals surface area contributed by atoms with Crippen LogP contribution >= 0.6 is 24.0 Å². The molecule has 0 saturated carbocycles. The lowest BCUT2D eigenvalue weighted by Crippen LogP contribution is -2.41. The van der Waals surface area contributed by atoms with Gasteiger partial charge in [-0.15, -0.1) is 4.73 Å². The van der Waals surface area contributed by atoms with E-state index in [1.54, 1.807) is 6.92 Å². The molecule has 0 unspecified atom stereocenters. The van der Waals surface area contributed by atoms with Crippen LogP contribution in [0.2, 0.25) is 0 Å². The van der Waals surface area contributed by atoms with Gasteiger partial charge in [0.1, 0.15) is 22.2 Å². The van der Waals surface area contributed by atoms with E-state index in [2.05, 4.69) is 5.32 Å². The zero-order valence-electron chi connectivity index (χ0n) is 15.2. The highest BCUT2D eigenvalue weighted by Gasteiger charge is 2.28. The van der Waals surface area contributed by atoms with Gasteiger partial charge in [-0.05, 0) is 24.6 Å². The van der Waals surface area contributed by atoms with Crippen LogP contribution in [-0.4, -0.2) is 44.6 Å². The number of aromatic nitrogens is 1. The predicted octanol–water partition coefficient (Wildman–Crippen LogP) is 1.70. The minimum absolute atomic E-state index is 0.0257. The molecule has 1 fully saturated rings. The van der Waals surface area contributed by atoms with Gasteiger partial charge in [0.05, 0.1) is 0 Å². The molecule has 0 spiro atoms. The van der Waals surface area contributed by atoms with Crippen LogP contribution in [0, 0.1) is 0 Å². The van der Waals surface area contributed by atoms with Gasteiger partial charge < -0.3 is 10.2 Å². The van der Waals surface area contributed by atoms with E-state index in [1.165, 1.54) is 28.8 Å². The van der Waals surface area contributed by atoms with Crippen LogP contribution < -0.4 is 15.7 Å². The van der Waals surface area contributed by atoms with Gasteiger partial charge in [-0.2, -0.15) is 0 Å². The Balaban J connectivity index is 1.97. The second-order valence-electron chi connectivity index (χ2n) is 5.92. The van der Waals surface area contributed by atoms with Crippen LogP contribution in [-0.2, 0) is 6.61 Å². The lowest BCUT2D eigenvalue weighted by atomic mass is 10.2. The number of nitrogens with zero attached hydrogens (tertiary/aromatic N) is 2. The molecule has 1 aromatic heterocycles. The number of carbonyl (C=O) groups excluding carboxylic acids is 2. The number of hydrogen-bond acceptors (Lipinski definition) is 6. The summed E-state index contributed by atoms with van der Waals surface area (Å²) in [6.45, 7) is 2.69. The van der Waals surface area contributed by atoms with Crippen LogP contribution in [0.5, 0.6) is 0 Å². The van der Waals surface area contributed by atoms with E-state index < -0.39 is 17.4 Å². The Bertz CT molecular complexity index is 959. The molecular formula is C19H19N3O4S2. The molecule has 3 rings (SSSR count). The van der Waals surface area contributed by atoms with Crippen molar-refractivity contribution >= 4 is 40.1 Å². The lowest BCUT2D eigenvalue weighted by Gasteiger charge is -2.17. The van der Waals surface area contributed by atoms with E-state index in [1.807, 2.05) is 30.3 Å². The maximum absolute atomic E-state index is 13.0. The van der Waals surface area contributed by atoms with Crippen molar-refractivity contribution in [3.05, 3.63) is 69.6 Å². The predicted molar refractivity (Wildman–Crippen MR) is 112 cm³/mol. The number of carbonyl (C=O) groups is 2. The van der Waals surface area contributed by atoms with E-state index >= 15 is 0 Å². The summed E-state index contributed by atoms with van der Waals surface area (Å²) in [5, 5.41) is 2.64. The first-order chi connectivity index (χ1) is 13.5. The van der Waals surface area contributed by atoms with Crippen molar-refractivity contribution in [1.82, 2.24) is 14.9 Å². The van der Waals surface area contributed by atoms with E-state index in [0.29, 0.717) is 23.2 Å². The smallest absolute Gasteiger partial charge is 0.296 e. The third-order valence-electron chi connectivity index (χ3n) is 4.05. The largest absolute Gasteiger partial charge is 0.405 e. The second-order valence-corrected chi connectivity index (χ2v) is 7.65. The van der Waals surface area contributed by atoms with Gasteiger partial charge >= 0.3 is 0 Å². The average Bonchev–Trinajstić information content (AvgIpc) is 3.13. The minimum Gasteiger partial charge on any atom is -0.405 e. The molecule has 1 saturated heterocycles. The van der Waals surface area contributed by atoms with Gasteiger partial charge in [-0.1, -0.05) is 54.3 Å². The van der Waals surface area contributed by atoms with E-state index in [4.69, 9.17) is 17.1 Å². The fourth-order valence-corrected chi connectivity index (χ4v) is 3.87. The maximum atomic E-state index is 13.0. The molecular weight excluding hydrogens is 398 g/mol. The summed E-state index contributed by atoms with van der Waals surface area (Å²) >= 11 is 6.57. The zero-order chi connectivity index (χ0) is 20.1. The van der Waals surface area contributed by atoms with Crippen molar-refractivity contribution in [3.8, 4) is 0 Å². The number of hydrogen-bond donors (Lipinski definition) is 1. The van der Waals surface area contributed by atoms with Crippen molar-refractivity contribution in [1.29, 1.82) is 0 Å². The maximum Gasteiger partial charge on any atom is 0.296 e. The Morgan fingerprint density at radius 2 is 1.96 bits per heavy atom. The first-order valence-corrected chi connectivity index (χ1v) is 10.1. The van der Waals surface area contributed by atoms with E-state index in [0.717, 1.165) is 10.3 Å². The van der Waals surface area contributed by atoms with Gasteiger partial charge in [0.25, 0.3) is 17.4 Å². The van der Waals surface area contributed by atoms with E-state index in [9.17, 15) is 14.4 Å². The summed E-state index contributed by atoms with van der Waals surface area (Å²) in [6, 6.07) is 12.0. The molecule has 146 valence electrons. The van der Waals surface area contributed by atoms with Crippen LogP contribution in [0.25, 0.3) is 0 Å². The number of pyridine rings is 1. The van der Waals surface area contributed by atoms with Gasteiger partial charge in [0.2, 0.25) is 0 Å². The zero-order valence-corrected chi connectivity index (χ0v) is 16.8. The van der Waals surface area contributed by atoms with Gasteiger partial charge in [-0.25, -0.2) is 0 Å². The van der Waals surface area contributed by atoms with E-state index in [-0.39, 0.29) is 17.9 Å². The minimum atomic E-state index is -0.690. The first-order valence-electron chi connectivity index (χ1n) is 8.73. The van der Waals surface area contributed by atoms with Crippen LogP contribution in [0.3, 0.4) is 0 Å². The molecule has 0 aliphatic carbocycles. The molecule has 1 aromatic carbocycles. The fraction of sp³-hybridized carbons (Fsp3) is 0.263. The topological polar surface area (TPSA) is 80.6 Å². The molecule has 1 N–H and O–H groups in total. The number of benzene rings is 1. The molecule has 28 heavy (non-hydrogen) atoms. The van der Waals surface area contributed by atoms with Gasteiger partial charge in [0.15, 0.2) is 0 Å². The lowest BCUT2D eigenvalue weighted by molar-refractivity contribution is 0.0688. The number of amides is 2. The molecule has 9 heteroatoms. The van der Waals surface area contributed by atoms with Crippen molar-refractivity contribution in [2.45, 2.75) is 13.5 Å². The van der Waals surface area contributed by atoms with Crippen molar-refractivity contribution in [3.63, 3.8) is 0 Å². The third kappa shape index (κ3) is 4.26. The Labute approximate surface area is 171 Å². The summed E-state index contributed by atoms with van der Waals surface area (Å²) in [5.74, 6) is -0.251. The van der Waals surface area contributed by atoms with Gasteiger partial charge in [0, 0.05) is 18.8 Å². The van der Waals surface area contributed by atoms with Crippen LogP contribution in [0.15, 0.2) is 47.3 Å². The fourth-order valence-electron chi connectivity index (χ4n) is 2.67. The number of nitrogens with one attached hydrogen (secondary N) is 1. The monoisotopic (exact) mass is 417 g/mol. The average molecular weight is 418 g/mol. The molecule has 7 nitrogen and oxygen atoms in total. The Morgan fingerprint density at radius 1 is 1.21 bits per heavy atom. The Morgan fingerprint density at radius 3 is 2.61 bits per heavy atom. The normalized spacial score (nSPS) is 13.5. The highest BCUT2D eigenvalue weighted by Crippen LogP contribution is 2.19. The third-order valence-corrected chi connectivity index (χ3v) is 5.48. The highest BCUT2D eigenvalue weighted by molar-refractivity contribution is 8.23. The van der Waals surface area contributed by atoms with Crippen molar-refractivity contribution in [2.75, 3.05) is 18.8 Å². The number of thiocarbonyl (C=S) groups is 1. The quantitative estimate of drug-likeness (QED) is 0.721. The number of rotatable bonds is 6. The summed E-state index contributed by atoms with van der Waals surface area (Å²) in [7, 11) is 0. The second kappa shape index (κ2) is 9.03. The van der Waals surface area contributed by atoms with Crippen LogP contribution in [0.4, 0.5) is 0 Å². The van der Waals surface area contributed by atoms with Crippen molar-refractivity contribution < 1.29 is 14.4 Å². The molecule has 0 bridgehead atoms. The summed E-state index contributed by atoms with van der Waals surface area (Å²) < 4.78 is 1.33. The molecule has 2 amide bonds. The van der Waals surface area contributed by atoms with Crippen LogP contribution in [0.1, 0.15) is 33.3 Å². The molecule has 1 aliphatic heterocycles. The summed E-state index contributed by atoms with van der Waals surface area (Å²) in [6.07, 6.45) is 0. The van der Waals surface area contributed by atoms with Gasteiger partial charge in [-0.3, -0.25) is 19.3 Å². The molecule has 0 radical (unpaired) electrons. The van der Waals surface area contributed by atoms with Crippen molar-refractivity contribution in [2.24, 2.45) is 0 Å².